The fourth-order valence-corrected chi connectivity index (χ4v) is 4.44. The van der Waals surface area contributed by atoms with Gasteiger partial charge in [0.25, 0.3) is 0 Å². The molecule has 0 bridgehead atoms. The second kappa shape index (κ2) is 12.1. The molecule has 0 radical (unpaired) electrons. The van der Waals surface area contributed by atoms with E-state index in [1.807, 2.05) is 0 Å². The molecule has 0 saturated carbocycles. The molecule has 3 nitrogen and oxygen atoms in total. The summed E-state index contributed by atoms with van der Waals surface area (Å²) in [4.78, 5) is 0. The van der Waals surface area contributed by atoms with Crippen LogP contribution in [0.1, 0.15) is 57.7 Å². The zero-order valence-corrected chi connectivity index (χ0v) is 22.3. The van der Waals surface area contributed by atoms with E-state index in [-0.39, 0.29) is 17.8 Å². The van der Waals surface area contributed by atoms with Gasteiger partial charge >= 0.3 is 0 Å². The minimum atomic E-state index is 0. The molecule has 0 aliphatic rings. The van der Waals surface area contributed by atoms with Gasteiger partial charge in [0.1, 0.15) is 25.4 Å². The predicted molar refractivity (Wildman–Crippen MR) is 139 cm³/mol. The maximum Gasteiger partial charge on any atom is 0.122 e. The van der Waals surface area contributed by atoms with Crippen LogP contribution < -0.4 is 4.74 Å². The Hall–Kier alpha value is -1.55. The van der Waals surface area contributed by atoms with Crippen LogP contribution in [0.3, 0.4) is 0 Å². The average Bonchev–Trinajstić information content (AvgIpc) is 2.64. The summed E-state index contributed by atoms with van der Waals surface area (Å²) >= 11 is 0. The molecular weight excluding hydrogens is 418 g/mol. The minimum absolute atomic E-state index is 0. The molecule has 0 aromatic heterocycles. The molecule has 2 aromatic rings. The first-order valence-electron chi connectivity index (χ1n) is 11.6. The lowest BCUT2D eigenvalue weighted by Gasteiger charge is -2.33. The van der Waals surface area contributed by atoms with Crippen LogP contribution in [-0.4, -0.2) is 44.9 Å². The average molecular weight is 463 g/mol. The van der Waals surface area contributed by atoms with Crippen molar-refractivity contribution in [2.45, 2.75) is 59.9 Å². The number of benzene rings is 2. The summed E-state index contributed by atoms with van der Waals surface area (Å²) in [5, 5.41) is 0. The van der Waals surface area contributed by atoms with Crippen molar-refractivity contribution in [3.63, 3.8) is 0 Å². The minimum Gasteiger partial charge on any atom is -0.491 e. The van der Waals surface area contributed by atoms with Crippen molar-refractivity contribution < 1.29 is 14.0 Å². The van der Waals surface area contributed by atoms with E-state index in [2.05, 4.69) is 104 Å². The highest BCUT2D eigenvalue weighted by Crippen LogP contribution is 2.37. The van der Waals surface area contributed by atoms with Gasteiger partial charge in [0.2, 0.25) is 0 Å². The van der Waals surface area contributed by atoms with Gasteiger partial charge in [0.15, 0.2) is 0 Å². The monoisotopic (exact) mass is 462 g/mol. The third-order valence-corrected chi connectivity index (χ3v) is 5.71. The molecule has 32 heavy (non-hydrogen) atoms. The van der Waals surface area contributed by atoms with E-state index in [0.717, 1.165) is 36.3 Å². The van der Waals surface area contributed by atoms with Crippen LogP contribution in [0.25, 0.3) is 0 Å². The predicted octanol–water partition coefficient (Wildman–Crippen LogP) is 6.80. The van der Waals surface area contributed by atoms with Crippen molar-refractivity contribution >= 4 is 12.4 Å². The highest BCUT2D eigenvalue weighted by atomic mass is 35.5. The zero-order valence-electron chi connectivity index (χ0n) is 21.5. The van der Waals surface area contributed by atoms with Crippen LogP contribution in [0.15, 0.2) is 48.5 Å². The Morgan fingerprint density at radius 2 is 1.50 bits per heavy atom. The molecule has 0 fully saturated rings. The van der Waals surface area contributed by atoms with Crippen molar-refractivity contribution in [2.75, 3.05) is 40.5 Å². The Balaban J connectivity index is 0.00000512. The summed E-state index contributed by atoms with van der Waals surface area (Å²) in [5.74, 6) is 0.957. The van der Waals surface area contributed by atoms with E-state index in [0.29, 0.717) is 18.6 Å². The Bertz CT molecular complexity index is 810. The highest BCUT2D eigenvalue weighted by Gasteiger charge is 2.27. The van der Waals surface area contributed by atoms with Gasteiger partial charge in [-0.1, -0.05) is 77.1 Å². The number of quaternary nitrogens is 1. The Morgan fingerprint density at radius 1 is 0.844 bits per heavy atom. The summed E-state index contributed by atoms with van der Waals surface area (Å²) in [6.45, 7) is 17.6. The number of nitrogens with zero attached hydrogens (tertiary/aromatic N) is 1. The summed E-state index contributed by atoms with van der Waals surface area (Å²) < 4.78 is 12.8. The molecule has 2 aromatic carbocycles. The summed E-state index contributed by atoms with van der Waals surface area (Å²) in [6, 6.07) is 17.3. The molecule has 0 spiro atoms. The highest BCUT2D eigenvalue weighted by molar-refractivity contribution is 5.85. The van der Waals surface area contributed by atoms with Gasteiger partial charge in [-0.05, 0) is 41.4 Å². The summed E-state index contributed by atoms with van der Waals surface area (Å²) in [6.07, 6.45) is 1.15. The van der Waals surface area contributed by atoms with Crippen LogP contribution in [0.4, 0.5) is 0 Å². The molecule has 180 valence electrons. The maximum absolute atomic E-state index is 6.00. The van der Waals surface area contributed by atoms with E-state index >= 15 is 0 Å². The van der Waals surface area contributed by atoms with E-state index in [9.17, 15) is 0 Å². The first-order valence-corrected chi connectivity index (χ1v) is 11.6. The quantitative estimate of drug-likeness (QED) is 0.270. The molecule has 0 unspecified atom stereocenters. The van der Waals surface area contributed by atoms with E-state index in [4.69, 9.17) is 9.47 Å². The molecule has 0 atom stereocenters. The number of ether oxygens (including phenoxy) is 2. The summed E-state index contributed by atoms with van der Waals surface area (Å²) in [5.41, 5.74) is 4.39. The second-order valence-electron chi connectivity index (χ2n) is 11.4. The largest absolute Gasteiger partial charge is 0.491 e. The van der Waals surface area contributed by atoms with Gasteiger partial charge in [-0.15, -0.1) is 12.4 Å². The van der Waals surface area contributed by atoms with Crippen molar-refractivity contribution in [3.8, 4) is 5.75 Å². The topological polar surface area (TPSA) is 18.5 Å². The van der Waals surface area contributed by atoms with Gasteiger partial charge in [-0.2, -0.15) is 0 Å². The van der Waals surface area contributed by atoms with Gasteiger partial charge < -0.3 is 14.0 Å². The van der Waals surface area contributed by atoms with Crippen LogP contribution in [0.2, 0.25) is 0 Å². The fraction of sp³-hybridized carbons (Fsp3) is 0.571. The number of rotatable bonds is 11. The molecule has 0 N–H and O–H groups in total. The van der Waals surface area contributed by atoms with Crippen LogP contribution in [0.5, 0.6) is 5.75 Å². The number of hydrogen-bond acceptors (Lipinski definition) is 2. The third kappa shape index (κ3) is 9.94. The van der Waals surface area contributed by atoms with Crippen LogP contribution in [0, 0.1) is 12.3 Å². The van der Waals surface area contributed by atoms with Gasteiger partial charge in [-0.3, -0.25) is 0 Å². The lowest BCUT2D eigenvalue weighted by Crippen LogP contribution is -2.41. The molecule has 0 saturated heterocycles. The Labute approximate surface area is 203 Å². The van der Waals surface area contributed by atoms with Crippen molar-refractivity contribution in [1.82, 2.24) is 0 Å². The van der Waals surface area contributed by atoms with Crippen molar-refractivity contribution in [2.24, 2.45) is 5.41 Å². The molecule has 0 heterocycles. The standard InChI is InChI=1S/C28H44NO2.ClH/c1-23-20-25(28(5,6)22-27(2,3)4)14-15-26(23)31-19-18-30-17-16-29(7,8)21-24-12-10-9-11-13-24;/h9-15,20H,16-19,21-22H2,1-8H3;1H/q+1;. The Kier molecular flexibility index (Phi) is 10.7. The molecule has 0 aliphatic carbocycles. The number of halogens is 1. The SMILES string of the molecule is Cc1cc(C(C)(C)CC(C)(C)C)ccc1OCCOCC[N+](C)(C)Cc1ccccc1.Cl. The van der Waals surface area contributed by atoms with Crippen molar-refractivity contribution in [1.29, 1.82) is 0 Å². The molecule has 0 amide bonds. The van der Waals surface area contributed by atoms with Crippen LogP contribution >= 0.6 is 12.4 Å². The van der Waals surface area contributed by atoms with Gasteiger partial charge in [-0.25, -0.2) is 0 Å². The van der Waals surface area contributed by atoms with E-state index in [1.54, 1.807) is 0 Å². The van der Waals surface area contributed by atoms with E-state index < -0.39 is 0 Å². The molecule has 4 heteroatoms. The van der Waals surface area contributed by atoms with Gasteiger partial charge in [0, 0.05) is 5.56 Å². The van der Waals surface area contributed by atoms with E-state index in [1.165, 1.54) is 16.7 Å². The third-order valence-electron chi connectivity index (χ3n) is 5.71. The number of aryl methyl sites for hydroxylation is 1. The molecule has 0 aliphatic heterocycles. The second-order valence-corrected chi connectivity index (χ2v) is 11.4. The molecule has 2 rings (SSSR count). The maximum atomic E-state index is 6.00. The van der Waals surface area contributed by atoms with Crippen molar-refractivity contribution in [3.05, 3.63) is 65.2 Å². The normalized spacial score (nSPS) is 12.4. The first-order chi connectivity index (χ1) is 14.4. The fourth-order valence-electron chi connectivity index (χ4n) is 4.44. The smallest absolute Gasteiger partial charge is 0.122 e. The molecular formula is C28H45ClNO2+. The zero-order chi connectivity index (χ0) is 23.1. The Morgan fingerprint density at radius 3 is 2.09 bits per heavy atom. The van der Waals surface area contributed by atoms with Crippen LogP contribution in [-0.2, 0) is 16.7 Å². The summed E-state index contributed by atoms with van der Waals surface area (Å²) in [7, 11) is 4.50. The first kappa shape index (κ1) is 28.5. The lowest BCUT2D eigenvalue weighted by molar-refractivity contribution is -0.904. The number of hydrogen-bond donors (Lipinski definition) is 0. The lowest BCUT2D eigenvalue weighted by atomic mass is 9.72. The number of likely N-dealkylation sites (N-methyl/N-ethyl adjacent to an activating group) is 1. The van der Waals surface area contributed by atoms with Gasteiger partial charge in [0.05, 0.1) is 27.3 Å².